The lowest BCUT2D eigenvalue weighted by molar-refractivity contribution is -0.0299. The van der Waals surface area contributed by atoms with E-state index in [-0.39, 0.29) is 5.41 Å². The fourth-order valence-electron chi connectivity index (χ4n) is 2.26. The molecular formula is C15H19IN2O. The van der Waals surface area contributed by atoms with Crippen LogP contribution in [0.5, 0.6) is 0 Å². The average molecular weight is 370 g/mol. The topological polar surface area (TPSA) is 38.0 Å². The second-order valence-corrected chi connectivity index (χ2v) is 7.09. The summed E-state index contributed by atoms with van der Waals surface area (Å²) in [7, 11) is 1.86. The highest BCUT2D eigenvalue weighted by molar-refractivity contribution is 14.1. The van der Waals surface area contributed by atoms with E-state index in [1.807, 2.05) is 64.3 Å². The van der Waals surface area contributed by atoms with Gasteiger partial charge < -0.3 is 5.11 Å². The number of halogens is 1. The first-order valence-electron chi connectivity index (χ1n) is 6.23. The highest BCUT2D eigenvalue weighted by atomic mass is 127. The van der Waals surface area contributed by atoms with Crippen molar-refractivity contribution in [1.29, 1.82) is 0 Å². The molecule has 0 saturated heterocycles. The third-order valence-corrected chi connectivity index (χ3v) is 4.15. The second kappa shape index (κ2) is 4.90. The summed E-state index contributed by atoms with van der Waals surface area (Å²) in [5.74, 6) is 0. The number of hydrogen-bond donors (Lipinski definition) is 1. The van der Waals surface area contributed by atoms with Gasteiger partial charge in [-0.05, 0) is 46.4 Å². The molecule has 2 rings (SSSR count). The third kappa shape index (κ3) is 2.56. The van der Waals surface area contributed by atoms with Crippen molar-refractivity contribution in [2.75, 3.05) is 0 Å². The van der Waals surface area contributed by atoms with E-state index < -0.39 is 5.60 Å². The summed E-state index contributed by atoms with van der Waals surface area (Å²) < 4.78 is 2.87. The Balaban J connectivity index is 2.62. The predicted octanol–water partition coefficient (Wildman–Crippen LogP) is 3.31. The van der Waals surface area contributed by atoms with Crippen LogP contribution < -0.4 is 0 Å². The van der Waals surface area contributed by atoms with E-state index in [4.69, 9.17) is 0 Å². The van der Waals surface area contributed by atoms with E-state index in [9.17, 15) is 5.11 Å². The maximum absolute atomic E-state index is 11.3. The van der Waals surface area contributed by atoms with Gasteiger partial charge in [0.05, 0.1) is 5.69 Å². The van der Waals surface area contributed by atoms with Gasteiger partial charge in [-0.2, -0.15) is 5.10 Å². The Hall–Kier alpha value is -0.880. The fraction of sp³-hybridized carbons (Fsp3) is 0.400. The first kappa shape index (κ1) is 14.5. The molecule has 1 unspecified atom stereocenters. The summed E-state index contributed by atoms with van der Waals surface area (Å²) >= 11 is 2.26. The summed E-state index contributed by atoms with van der Waals surface area (Å²) in [6, 6.07) is 9.84. The SMILES string of the molecule is Cn1ccc(C(O)(c2ccc(I)cc2)C(C)(C)C)n1. The van der Waals surface area contributed by atoms with Crippen LogP contribution in [0.3, 0.4) is 0 Å². The number of benzene rings is 1. The Bertz CT molecular complexity index is 569. The fourth-order valence-corrected chi connectivity index (χ4v) is 2.62. The van der Waals surface area contributed by atoms with Crippen molar-refractivity contribution in [3.8, 4) is 0 Å². The Morgan fingerprint density at radius 1 is 1.11 bits per heavy atom. The van der Waals surface area contributed by atoms with E-state index in [2.05, 4.69) is 27.7 Å². The lowest BCUT2D eigenvalue weighted by Gasteiger charge is -2.39. The molecule has 0 aliphatic carbocycles. The minimum Gasteiger partial charge on any atom is -0.378 e. The van der Waals surface area contributed by atoms with Gasteiger partial charge in [0.2, 0.25) is 0 Å². The molecule has 19 heavy (non-hydrogen) atoms. The van der Waals surface area contributed by atoms with Crippen molar-refractivity contribution in [3.05, 3.63) is 51.4 Å². The molecule has 0 saturated carbocycles. The molecule has 1 aromatic carbocycles. The minimum absolute atomic E-state index is 0.353. The lowest BCUT2D eigenvalue weighted by Crippen LogP contribution is -2.41. The van der Waals surface area contributed by atoms with Gasteiger partial charge in [0.15, 0.2) is 0 Å². The zero-order chi connectivity index (χ0) is 14.3. The predicted molar refractivity (Wildman–Crippen MR) is 84.8 cm³/mol. The maximum atomic E-state index is 11.3. The third-order valence-electron chi connectivity index (χ3n) is 3.43. The molecule has 0 bridgehead atoms. The molecule has 1 heterocycles. The van der Waals surface area contributed by atoms with Crippen LogP contribution in [0.25, 0.3) is 0 Å². The van der Waals surface area contributed by atoms with E-state index >= 15 is 0 Å². The molecule has 0 radical (unpaired) electrons. The van der Waals surface area contributed by atoms with Gasteiger partial charge in [0.1, 0.15) is 5.60 Å². The number of hydrogen-bond acceptors (Lipinski definition) is 2. The van der Waals surface area contributed by atoms with Crippen LogP contribution in [0.2, 0.25) is 0 Å². The Labute approximate surface area is 127 Å². The van der Waals surface area contributed by atoms with Crippen molar-refractivity contribution in [1.82, 2.24) is 9.78 Å². The van der Waals surface area contributed by atoms with Crippen molar-refractivity contribution in [2.45, 2.75) is 26.4 Å². The van der Waals surface area contributed by atoms with Crippen LogP contribution in [-0.2, 0) is 12.6 Å². The molecule has 102 valence electrons. The normalized spacial score (nSPS) is 15.3. The van der Waals surface area contributed by atoms with E-state index in [0.717, 1.165) is 9.13 Å². The van der Waals surface area contributed by atoms with E-state index in [1.54, 1.807) is 4.68 Å². The molecule has 0 spiro atoms. The molecule has 1 N–H and O–H groups in total. The summed E-state index contributed by atoms with van der Waals surface area (Å²) in [4.78, 5) is 0. The molecule has 0 fully saturated rings. The van der Waals surface area contributed by atoms with Crippen LogP contribution >= 0.6 is 22.6 Å². The Morgan fingerprint density at radius 3 is 2.11 bits per heavy atom. The van der Waals surface area contributed by atoms with E-state index in [0.29, 0.717) is 5.69 Å². The minimum atomic E-state index is -1.10. The van der Waals surface area contributed by atoms with Gasteiger partial charge in [-0.25, -0.2) is 0 Å². The van der Waals surface area contributed by atoms with Crippen molar-refractivity contribution in [3.63, 3.8) is 0 Å². The molecule has 1 aromatic heterocycles. The van der Waals surface area contributed by atoms with Gasteiger partial charge in [-0.15, -0.1) is 0 Å². The number of rotatable bonds is 2. The first-order chi connectivity index (χ1) is 8.75. The number of aromatic nitrogens is 2. The number of aliphatic hydroxyl groups is 1. The lowest BCUT2D eigenvalue weighted by atomic mass is 9.70. The number of nitrogens with zero attached hydrogens (tertiary/aromatic N) is 2. The number of aryl methyl sites for hydroxylation is 1. The molecular weight excluding hydrogens is 351 g/mol. The Morgan fingerprint density at radius 2 is 1.68 bits per heavy atom. The molecule has 0 aliphatic rings. The van der Waals surface area contributed by atoms with Crippen LogP contribution in [0, 0.1) is 8.99 Å². The average Bonchev–Trinajstić information content (AvgIpc) is 2.74. The van der Waals surface area contributed by atoms with Gasteiger partial charge in [0.25, 0.3) is 0 Å². The summed E-state index contributed by atoms with van der Waals surface area (Å²) in [6.45, 7) is 6.08. The van der Waals surface area contributed by atoms with Crippen molar-refractivity contribution < 1.29 is 5.11 Å². The zero-order valence-electron chi connectivity index (χ0n) is 11.7. The first-order valence-corrected chi connectivity index (χ1v) is 7.31. The molecule has 4 heteroatoms. The molecule has 0 amide bonds. The smallest absolute Gasteiger partial charge is 0.138 e. The van der Waals surface area contributed by atoms with Gasteiger partial charge in [0, 0.05) is 22.2 Å². The van der Waals surface area contributed by atoms with Crippen LogP contribution in [-0.4, -0.2) is 14.9 Å². The van der Waals surface area contributed by atoms with Crippen LogP contribution in [0.15, 0.2) is 36.5 Å². The van der Waals surface area contributed by atoms with Gasteiger partial charge in [-0.3, -0.25) is 4.68 Å². The van der Waals surface area contributed by atoms with Crippen LogP contribution in [0.1, 0.15) is 32.0 Å². The van der Waals surface area contributed by atoms with Crippen LogP contribution in [0.4, 0.5) is 0 Å². The highest BCUT2D eigenvalue weighted by Gasteiger charge is 2.45. The maximum Gasteiger partial charge on any atom is 0.138 e. The molecule has 2 aromatic rings. The monoisotopic (exact) mass is 370 g/mol. The highest BCUT2D eigenvalue weighted by Crippen LogP contribution is 2.43. The Kier molecular flexibility index (Phi) is 3.75. The quantitative estimate of drug-likeness (QED) is 0.824. The summed E-state index contributed by atoms with van der Waals surface area (Å²) in [5.41, 5.74) is 0.107. The standard InChI is InChI=1S/C15H19IN2O/c1-14(2,3)15(19,13-9-10-18(4)17-13)11-5-7-12(16)8-6-11/h5-10,19H,1-4H3. The van der Waals surface area contributed by atoms with Gasteiger partial charge in [-0.1, -0.05) is 32.9 Å². The largest absolute Gasteiger partial charge is 0.378 e. The summed E-state index contributed by atoms with van der Waals surface area (Å²) in [5, 5.41) is 15.7. The van der Waals surface area contributed by atoms with E-state index in [1.165, 1.54) is 0 Å². The molecule has 3 nitrogen and oxygen atoms in total. The van der Waals surface area contributed by atoms with Crippen molar-refractivity contribution in [2.24, 2.45) is 12.5 Å². The van der Waals surface area contributed by atoms with Crippen molar-refractivity contribution >= 4 is 22.6 Å². The molecule has 1 atom stereocenters. The second-order valence-electron chi connectivity index (χ2n) is 5.84. The zero-order valence-corrected chi connectivity index (χ0v) is 13.8. The van der Waals surface area contributed by atoms with Gasteiger partial charge >= 0.3 is 0 Å². The summed E-state index contributed by atoms with van der Waals surface area (Å²) in [6.07, 6.45) is 1.86. The molecule has 0 aliphatic heterocycles.